The number of hydrogen-bond donors (Lipinski definition) is 1. The second-order valence-electron chi connectivity index (χ2n) is 4.70. The second-order valence-corrected chi connectivity index (χ2v) is 6.42. The standard InChI is InChI=1S/C11H16FNO2S/c1-11(2,3)13-16(14,15)8-9-6-4-5-7-10(9)12/h4-7,13H,8H2,1-3H3. The Balaban J connectivity index is 2.86. The molecule has 0 amide bonds. The van der Waals surface area contributed by atoms with Crippen LogP contribution in [-0.2, 0) is 15.8 Å². The van der Waals surface area contributed by atoms with Crippen LogP contribution in [0.2, 0.25) is 0 Å². The van der Waals surface area contributed by atoms with Gasteiger partial charge in [-0.05, 0) is 26.8 Å². The van der Waals surface area contributed by atoms with Crippen LogP contribution in [0, 0.1) is 5.82 Å². The summed E-state index contributed by atoms with van der Waals surface area (Å²) in [6.07, 6.45) is 0. The lowest BCUT2D eigenvalue weighted by atomic mass is 10.1. The molecule has 0 bridgehead atoms. The van der Waals surface area contributed by atoms with E-state index in [9.17, 15) is 12.8 Å². The van der Waals surface area contributed by atoms with Gasteiger partial charge in [-0.1, -0.05) is 18.2 Å². The fraction of sp³-hybridized carbons (Fsp3) is 0.455. The molecule has 0 unspecified atom stereocenters. The quantitative estimate of drug-likeness (QED) is 0.885. The lowest BCUT2D eigenvalue weighted by Crippen LogP contribution is -2.41. The molecular weight excluding hydrogens is 229 g/mol. The van der Waals surface area contributed by atoms with Crippen LogP contribution < -0.4 is 4.72 Å². The van der Waals surface area contributed by atoms with Crippen LogP contribution in [0.1, 0.15) is 26.3 Å². The second kappa shape index (κ2) is 4.51. The minimum absolute atomic E-state index is 0.180. The maximum Gasteiger partial charge on any atom is 0.216 e. The number of sulfonamides is 1. The first-order chi connectivity index (χ1) is 7.20. The van der Waals surface area contributed by atoms with E-state index in [-0.39, 0.29) is 11.3 Å². The predicted octanol–water partition coefficient (Wildman–Crippen LogP) is 2.04. The van der Waals surface area contributed by atoms with E-state index in [0.29, 0.717) is 0 Å². The summed E-state index contributed by atoms with van der Waals surface area (Å²) in [5, 5.41) is 0. The van der Waals surface area contributed by atoms with Crippen LogP contribution in [0.15, 0.2) is 24.3 Å². The van der Waals surface area contributed by atoms with Gasteiger partial charge in [0.15, 0.2) is 0 Å². The Kier molecular flexibility index (Phi) is 3.70. The summed E-state index contributed by atoms with van der Waals surface area (Å²) < 4.78 is 39.1. The van der Waals surface area contributed by atoms with Crippen molar-refractivity contribution >= 4 is 10.0 Å². The smallest absolute Gasteiger partial charge is 0.212 e. The Hall–Kier alpha value is -0.940. The third kappa shape index (κ3) is 4.28. The van der Waals surface area contributed by atoms with E-state index in [0.717, 1.165) is 0 Å². The van der Waals surface area contributed by atoms with Crippen molar-refractivity contribution in [2.45, 2.75) is 32.1 Å². The summed E-state index contributed by atoms with van der Waals surface area (Å²) >= 11 is 0. The Bertz CT molecular complexity index is 463. The van der Waals surface area contributed by atoms with Gasteiger partial charge in [-0.3, -0.25) is 0 Å². The molecule has 0 heterocycles. The molecule has 3 nitrogen and oxygen atoms in total. The first-order valence-electron chi connectivity index (χ1n) is 4.95. The largest absolute Gasteiger partial charge is 0.216 e. The fourth-order valence-electron chi connectivity index (χ4n) is 1.32. The van der Waals surface area contributed by atoms with E-state index in [2.05, 4.69) is 4.72 Å². The molecule has 16 heavy (non-hydrogen) atoms. The minimum Gasteiger partial charge on any atom is -0.212 e. The monoisotopic (exact) mass is 245 g/mol. The van der Waals surface area contributed by atoms with Gasteiger partial charge in [-0.15, -0.1) is 0 Å². The van der Waals surface area contributed by atoms with Crippen molar-refractivity contribution in [3.63, 3.8) is 0 Å². The van der Waals surface area contributed by atoms with Crippen LogP contribution >= 0.6 is 0 Å². The van der Waals surface area contributed by atoms with Crippen molar-refractivity contribution in [1.29, 1.82) is 0 Å². The third-order valence-corrected chi connectivity index (χ3v) is 3.38. The maximum atomic E-state index is 13.3. The highest BCUT2D eigenvalue weighted by molar-refractivity contribution is 7.88. The summed E-state index contributed by atoms with van der Waals surface area (Å²) in [6, 6.07) is 5.87. The van der Waals surface area contributed by atoms with Gasteiger partial charge in [-0.25, -0.2) is 17.5 Å². The third-order valence-electron chi connectivity index (χ3n) is 1.77. The Morgan fingerprint density at radius 1 is 1.25 bits per heavy atom. The van der Waals surface area contributed by atoms with E-state index in [1.54, 1.807) is 26.8 Å². The van der Waals surface area contributed by atoms with E-state index in [1.807, 2.05) is 0 Å². The zero-order valence-corrected chi connectivity index (χ0v) is 10.4. The molecule has 0 aromatic heterocycles. The summed E-state index contributed by atoms with van der Waals surface area (Å²) in [5.74, 6) is -0.835. The molecule has 5 heteroatoms. The summed E-state index contributed by atoms with van der Waals surface area (Å²) in [5.41, 5.74) is -0.372. The van der Waals surface area contributed by atoms with Crippen LogP contribution in [0.25, 0.3) is 0 Å². The molecule has 0 saturated carbocycles. The molecule has 1 rings (SSSR count). The molecule has 1 N–H and O–H groups in total. The molecule has 0 aliphatic rings. The maximum absolute atomic E-state index is 13.3. The lowest BCUT2D eigenvalue weighted by molar-refractivity contribution is 0.490. The van der Waals surface area contributed by atoms with Crippen molar-refractivity contribution in [3.8, 4) is 0 Å². The highest BCUT2D eigenvalue weighted by atomic mass is 32.2. The number of halogens is 1. The summed E-state index contributed by atoms with van der Waals surface area (Å²) in [7, 11) is -3.50. The van der Waals surface area contributed by atoms with Crippen molar-refractivity contribution in [1.82, 2.24) is 4.72 Å². The minimum atomic E-state index is -3.50. The molecule has 1 aromatic carbocycles. The molecule has 0 fully saturated rings. The van der Waals surface area contributed by atoms with E-state index >= 15 is 0 Å². The van der Waals surface area contributed by atoms with Gasteiger partial charge in [0.05, 0.1) is 5.75 Å². The highest BCUT2D eigenvalue weighted by Crippen LogP contribution is 2.12. The predicted molar refractivity (Wildman–Crippen MR) is 61.9 cm³/mol. The molecule has 90 valence electrons. The average molecular weight is 245 g/mol. The van der Waals surface area contributed by atoms with Gasteiger partial charge < -0.3 is 0 Å². The number of rotatable bonds is 3. The Labute approximate surface area is 95.7 Å². The van der Waals surface area contributed by atoms with Crippen LogP contribution in [0.5, 0.6) is 0 Å². The molecule has 0 aliphatic heterocycles. The zero-order valence-electron chi connectivity index (χ0n) is 9.62. The summed E-state index contributed by atoms with van der Waals surface area (Å²) in [6.45, 7) is 5.23. The van der Waals surface area contributed by atoms with Gasteiger partial charge in [0, 0.05) is 11.1 Å². The average Bonchev–Trinajstić information content (AvgIpc) is 2.04. The first kappa shape index (κ1) is 13.1. The molecule has 0 spiro atoms. The van der Waals surface area contributed by atoms with E-state index in [4.69, 9.17) is 0 Å². The normalized spacial score (nSPS) is 12.8. The SMILES string of the molecule is CC(C)(C)NS(=O)(=O)Cc1ccccc1F. The van der Waals surface area contributed by atoms with Gasteiger partial charge in [-0.2, -0.15) is 0 Å². The number of hydrogen-bond acceptors (Lipinski definition) is 2. The number of benzene rings is 1. The highest BCUT2D eigenvalue weighted by Gasteiger charge is 2.21. The van der Waals surface area contributed by atoms with Gasteiger partial charge in [0.1, 0.15) is 5.82 Å². The topological polar surface area (TPSA) is 46.2 Å². The molecule has 0 aliphatic carbocycles. The fourth-order valence-corrected chi connectivity index (χ4v) is 2.97. The first-order valence-corrected chi connectivity index (χ1v) is 6.60. The Morgan fingerprint density at radius 2 is 1.81 bits per heavy atom. The van der Waals surface area contributed by atoms with Gasteiger partial charge in [0.25, 0.3) is 0 Å². The van der Waals surface area contributed by atoms with Crippen molar-refractivity contribution in [2.24, 2.45) is 0 Å². The molecule has 1 aromatic rings. The van der Waals surface area contributed by atoms with Crippen LogP contribution in [0.4, 0.5) is 4.39 Å². The molecule has 0 radical (unpaired) electrons. The van der Waals surface area contributed by atoms with Gasteiger partial charge in [0.2, 0.25) is 10.0 Å². The summed E-state index contributed by atoms with van der Waals surface area (Å²) in [4.78, 5) is 0. The zero-order chi connectivity index (χ0) is 12.4. The molecule has 0 atom stereocenters. The van der Waals surface area contributed by atoms with Crippen molar-refractivity contribution < 1.29 is 12.8 Å². The molecule has 0 saturated heterocycles. The van der Waals surface area contributed by atoms with Gasteiger partial charge >= 0.3 is 0 Å². The van der Waals surface area contributed by atoms with E-state index in [1.165, 1.54) is 18.2 Å². The van der Waals surface area contributed by atoms with Crippen LogP contribution in [-0.4, -0.2) is 14.0 Å². The van der Waals surface area contributed by atoms with Crippen molar-refractivity contribution in [2.75, 3.05) is 0 Å². The lowest BCUT2D eigenvalue weighted by Gasteiger charge is -2.20. The van der Waals surface area contributed by atoms with Crippen molar-refractivity contribution in [3.05, 3.63) is 35.6 Å². The molecular formula is C11H16FNO2S. The number of nitrogens with one attached hydrogen (secondary N) is 1. The Morgan fingerprint density at radius 3 is 2.31 bits per heavy atom. The van der Waals surface area contributed by atoms with E-state index < -0.39 is 21.4 Å². The van der Waals surface area contributed by atoms with Crippen LogP contribution in [0.3, 0.4) is 0 Å².